The predicted octanol–water partition coefficient (Wildman–Crippen LogP) is 3.63. The molecule has 8 nitrogen and oxygen atoms in total. The molecule has 0 radical (unpaired) electrons. The topological polar surface area (TPSA) is 148 Å². The summed E-state index contributed by atoms with van der Waals surface area (Å²) in [6.45, 7) is 1.44. The Hall–Kier alpha value is -4.02. The molecule has 0 aliphatic heterocycles. The Kier molecular flexibility index (Phi) is 7.14. The van der Waals surface area contributed by atoms with Crippen molar-refractivity contribution in [3.63, 3.8) is 0 Å². The molecular weight excluding hydrogens is 459 g/mol. The van der Waals surface area contributed by atoms with Crippen molar-refractivity contribution in [3.05, 3.63) is 83.7 Å². The third-order valence-electron chi connectivity index (χ3n) is 5.09. The molecule has 0 aliphatic rings. The van der Waals surface area contributed by atoms with Crippen LogP contribution < -0.4 is 20.9 Å². The molecule has 0 heterocycles. The zero-order valence-electron chi connectivity index (χ0n) is 18.4. The number of sulfonamides is 1. The van der Waals surface area contributed by atoms with Gasteiger partial charge in [0.2, 0.25) is 10.0 Å². The van der Waals surface area contributed by atoms with Crippen LogP contribution in [0.5, 0.6) is 5.75 Å². The number of amidine groups is 1. The Balaban J connectivity index is 1.94. The van der Waals surface area contributed by atoms with Gasteiger partial charge in [-0.15, -0.1) is 0 Å². The van der Waals surface area contributed by atoms with Gasteiger partial charge in [0.1, 0.15) is 11.6 Å². The summed E-state index contributed by atoms with van der Waals surface area (Å²) in [5, 5.41) is 15.3. The van der Waals surface area contributed by atoms with Gasteiger partial charge in [-0.05, 0) is 47.9 Å². The molecule has 0 unspecified atom stereocenters. The van der Waals surface area contributed by atoms with Crippen LogP contribution in [0, 0.1) is 5.41 Å². The van der Waals surface area contributed by atoms with Crippen LogP contribution in [0.4, 0.5) is 10.1 Å². The largest absolute Gasteiger partial charge is 0.495 e. The summed E-state index contributed by atoms with van der Waals surface area (Å²) in [6.07, 6.45) is 0. The Bertz CT molecular complexity index is 1420. The van der Waals surface area contributed by atoms with Gasteiger partial charge in [0.25, 0.3) is 5.91 Å². The molecule has 34 heavy (non-hydrogen) atoms. The molecule has 0 fully saturated rings. The lowest BCUT2D eigenvalue weighted by molar-refractivity contribution is -0.114. The van der Waals surface area contributed by atoms with Gasteiger partial charge in [-0.1, -0.05) is 42.5 Å². The number of hydrogen-bond donors (Lipinski definition) is 4. The summed E-state index contributed by atoms with van der Waals surface area (Å²) >= 11 is 0. The molecule has 0 spiro atoms. The second kappa shape index (κ2) is 9.86. The number of benzene rings is 3. The number of primary sulfonamides is 1. The van der Waals surface area contributed by atoms with E-state index in [1.807, 2.05) is 0 Å². The number of nitrogens with two attached hydrogens (primary N) is 2. The normalized spacial score (nSPS) is 12.0. The minimum absolute atomic E-state index is 0.0637. The Morgan fingerprint density at radius 3 is 2.35 bits per heavy atom. The summed E-state index contributed by atoms with van der Waals surface area (Å²) in [4.78, 5) is 12.5. The van der Waals surface area contributed by atoms with Crippen LogP contribution in [-0.4, -0.2) is 27.3 Å². The maximum absolute atomic E-state index is 14.9. The van der Waals surface area contributed by atoms with Crippen molar-refractivity contribution in [2.75, 3.05) is 12.4 Å². The Morgan fingerprint density at radius 2 is 1.71 bits per heavy atom. The molecule has 0 saturated carbocycles. The van der Waals surface area contributed by atoms with E-state index < -0.39 is 21.8 Å². The quantitative estimate of drug-likeness (QED) is 0.230. The van der Waals surface area contributed by atoms with E-state index in [1.54, 1.807) is 42.5 Å². The second-order valence-electron chi connectivity index (χ2n) is 7.34. The Labute approximate surface area is 196 Å². The van der Waals surface area contributed by atoms with Crippen LogP contribution in [0.25, 0.3) is 16.7 Å². The van der Waals surface area contributed by atoms with Gasteiger partial charge in [0, 0.05) is 11.1 Å². The first kappa shape index (κ1) is 24.6. The van der Waals surface area contributed by atoms with Gasteiger partial charge >= 0.3 is 0 Å². The highest BCUT2D eigenvalue weighted by Crippen LogP contribution is 2.34. The van der Waals surface area contributed by atoms with Crippen molar-refractivity contribution in [1.82, 2.24) is 0 Å². The summed E-state index contributed by atoms with van der Waals surface area (Å²) in [6, 6.07) is 17.1. The van der Waals surface area contributed by atoms with Crippen molar-refractivity contribution in [3.8, 4) is 16.9 Å². The number of halogens is 1. The molecule has 176 valence electrons. The maximum Gasteiger partial charge on any atom is 0.284 e. The number of hydrogen-bond acceptors (Lipinski definition) is 5. The minimum atomic E-state index is -3.97. The molecule has 3 rings (SSSR count). The average molecular weight is 483 g/mol. The lowest BCUT2D eigenvalue weighted by atomic mass is 10.0. The predicted molar refractivity (Wildman–Crippen MR) is 130 cm³/mol. The van der Waals surface area contributed by atoms with Crippen LogP contribution in [0.1, 0.15) is 18.1 Å². The zero-order chi connectivity index (χ0) is 25.0. The monoisotopic (exact) mass is 482 g/mol. The number of carbonyl (C=O) groups is 1. The third-order valence-corrected chi connectivity index (χ3v) is 6.06. The molecule has 3 aromatic carbocycles. The summed E-state index contributed by atoms with van der Waals surface area (Å²) in [5.41, 5.74) is 7.38. The minimum Gasteiger partial charge on any atom is -0.495 e. The molecular formula is C24H23FN4O4S. The number of nitrogen functional groups attached to an aromatic ring is 1. The van der Waals surface area contributed by atoms with E-state index >= 15 is 0 Å². The number of ether oxygens (including phenoxy) is 1. The van der Waals surface area contributed by atoms with E-state index in [4.69, 9.17) is 21.0 Å². The van der Waals surface area contributed by atoms with Gasteiger partial charge in [0.15, 0.2) is 5.83 Å². The standard InChI is InChI=1S/C24H23FN4O4S/c1-14(15-6-5-7-17(12-15)23(26)27)22(25)24(30)29-19-11-10-16(13-20(19)33-2)18-8-3-4-9-21(18)34(28,31)32/h3-13H,1-2H3,(H3,26,27)(H,29,30)(H2,28,31,32)/b22-14+. The highest BCUT2D eigenvalue weighted by Gasteiger charge is 2.19. The molecule has 0 aliphatic carbocycles. The van der Waals surface area contributed by atoms with E-state index in [9.17, 15) is 17.6 Å². The third kappa shape index (κ3) is 5.30. The fourth-order valence-corrected chi connectivity index (χ4v) is 4.07. The van der Waals surface area contributed by atoms with Crippen molar-refractivity contribution in [2.24, 2.45) is 10.9 Å². The first-order chi connectivity index (χ1) is 16.0. The molecule has 0 aromatic heterocycles. The van der Waals surface area contributed by atoms with Gasteiger partial charge < -0.3 is 15.8 Å². The van der Waals surface area contributed by atoms with Gasteiger partial charge in [-0.2, -0.15) is 0 Å². The van der Waals surface area contributed by atoms with Gasteiger partial charge in [-0.3, -0.25) is 10.2 Å². The van der Waals surface area contributed by atoms with Crippen LogP contribution in [-0.2, 0) is 14.8 Å². The molecule has 10 heteroatoms. The van der Waals surface area contributed by atoms with E-state index in [0.29, 0.717) is 22.3 Å². The summed E-state index contributed by atoms with van der Waals surface area (Å²) in [7, 11) is -2.61. The van der Waals surface area contributed by atoms with Crippen molar-refractivity contribution < 1.29 is 22.3 Å². The fourth-order valence-electron chi connectivity index (χ4n) is 3.31. The van der Waals surface area contributed by atoms with Gasteiger partial charge in [-0.25, -0.2) is 17.9 Å². The lowest BCUT2D eigenvalue weighted by Crippen LogP contribution is -2.15. The molecule has 0 bridgehead atoms. The highest BCUT2D eigenvalue weighted by molar-refractivity contribution is 7.89. The first-order valence-electron chi connectivity index (χ1n) is 9.95. The number of methoxy groups -OCH3 is 1. The van der Waals surface area contributed by atoms with Crippen molar-refractivity contribution >= 4 is 33.0 Å². The Morgan fingerprint density at radius 1 is 1.03 bits per heavy atom. The highest BCUT2D eigenvalue weighted by atomic mass is 32.2. The number of anilines is 1. The van der Waals surface area contributed by atoms with E-state index in [2.05, 4.69) is 5.32 Å². The lowest BCUT2D eigenvalue weighted by Gasteiger charge is -2.14. The van der Waals surface area contributed by atoms with E-state index in [-0.39, 0.29) is 27.7 Å². The number of amides is 1. The molecule has 0 atom stereocenters. The smallest absolute Gasteiger partial charge is 0.284 e. The van der Waals surface area contributed by atoms with Crippen LogP contribution in [0.3, 0.4) is 0 Å². The first-order valence-corrected chi connectivity index (χ1v) is 11.5. The molecule has 6 N–H and O–H groups in total. The summed E-state index contributed by atoms with van der Waals surface area (Å²) in [5.74, 6) is -2.00. The maximum atomic E-state index is 14.9. The SMILES string of the molecule is COc1cc(-c2ccccc2S(N)(=O)=O)ccc1NC(=O)/C(F)=C(/C)c1cccc(C(=N)N)c1. The molecule has 0 saturated heterocycles. The van der Waals surface area contributed by atoms with Gasteiger partial charge in [0.05, 0.1) is 17.7 Å². The summed E-state index contributed by atoms with van der Waals surface area (Å²) < 4.78 is 44.1. The molecule has 1 amide bonds. The second-order valence-corrected chi connectivity index (χ2v) is 8.87. The van der Waals surface area contributed by atoms with Crippen LogP contribution in [0.15, 0.2) is 77.5 Å². The van der Waals surface area contributed by atoms with Crippen LogP contribution in [0.2, 0.25) is 0 Å². The fraction of sp³-hybridized carbons (Fsp3) is 0.0833. The van der Waals surface area contributed by atoms with Crippen molar-refractivity contribution in [2.45, 2.75) is 11.8 Å². The number of nitrogens with one attached hydrogen (secondary N) is 2. The number of carbonyl (C=O) groups excluding carboxylic acids is 1. The zero-order valence-corrected chi connectivity index (χ0v) is 19.2. The molecule has 3 aromatic rings. The van der Waals surface area contributed by atoms with Crippen molar-refractivity contribution in [1.29, 1.82) is 5.41 Å². The van der Waals surface area contributed by atoms with E-state index in [0.717, 1.165) is 0 Å². The average Bonchev–Trinajstić information content (AvgIpc) is 2.82. The van der Waals surface area contributed by atoms with E-state index in [1.165, 1.54) is 38.3 Å². The van der Waals surface area contributed by atoms with Crippen LogP contribution >= 0.6 is 0 Å². The number of allylic oxidation sites excluding steroid dienone is 1. The number of rotatable bonds is 7.